The Hall–Kier alpha value is -1.75. The maximum atomic E-state index is 5.72. The molecule has 5 heteroatoms. The summed E-state index contributed by atoms with van der Waals surface area (Å²) >= 11 is 3.36. The summed E-state index contributed by atoms with van der Waals surface area (Å²) in [5, 5.41) is 0. The third-order valence-corrected chi connectivity index (χ3v) is 2.74. The lowest BCUT2D eigenvalue weighted by atomic mass is 10.3. The Bertz CT molecular complexity index is 532. The lowest BCUT2D eigenvalue weighted by Gasteiger charge is -2.11. The molecule has 0 amide bonds. The van der Waals surface area contributed by atoms with E-state index in [-0.39, 0.29) is 0 Å². The smallest absolute Gasteiger partial charge is 0.171 e. The van der Waals surface area contributed by atoms with Gasteiger partial charge < -0.3 is 15.2 Å². The first-order valence-corrected chi connectivity index (χ1v) is 5.71. The molecule has 0 fully saturated rings. The van der Waals surface area contributed by atoms with Gasteiger partial charge in [0.2, 0.25) is 0 Å². The Kier molecular flexibility index (Phi) is 3.49. The van der Waals surface area contributed by atoms with E-state index >= 15 is 0 Å². The topological polar surface area (TPSA) is 57.4 Å². The fourth-order valence-corrected chi connectivity index (χ4v) is 1.67. The van der Waals surface area contributed by atoms with Crippen molar-refractivity contribution in [2.45, 2.75) is 0 Å². The molecule has 0 saturated heterocycles. The molecule has 2 rings (SSSR count). The van der Waals surface area contributed by atoms with Gasteiger partial charge in [0.05, 0.1) is 11.6 Å². The molecule has 17 heavy (non-hydrogen) atoms. The van der Waals surface area contributed by atoms with Crippen molar-refractivity contribution in [3.05, 3.63) is 41.1 Å². The van der Waals surface area contributed by atoms with Gasteiger partial charge in [0.25, 0.3) is 0 Å². The van der Waals surface area contributed by atoms with E-state index in [1.165, 1.54) is 0 Å². The maximum absolute atomic E-state index is 5.72. The molecule has 0 unspecified atom stereocenters. The average molecular weight is 295 g/mol. The highest BCUT2D eigenvalue weighted by molar-refractivity contribution is 9.10. The molecule has 88 valence electrons. The maximum Gasteiger partial charge on any atom is 0.171 e. The SMILES string of the molecule is COc1ccc(N)cc1Oc1ccncc1Br. The quantitative estimate of drug-likeness (QED) is 0.883. The van der Waals surface area contributed by atoms with Crippen molar-refractivity contribution >= 4 is 21.6 Å². The molecule has 0 aliphatic carbocycles. The molecule has 0 atom stereocenters. The Labute approximate surface area is 108 Å². The van der Waals surface area contributed by atoms with Crippen LogP contribution in [-0.4, -0.2) is 12.1 Å². The molecule has 2 N–H and O–H groups in total. The van der Waals surface area contributed by atoms with Gasteiger partial charge in [-0.15, -0.1) is 0 Å². The summed E-state index contributed by atoms with van der Waals surface area (Å²) in [5.74, 6) is 1.85. The normalized spacial score (nSPS) is 10.0. The van der Waals surface area contributed by atoms with E-state index in [4.69, 9.17) is 15.2 Å². The van der Waals surface area contributed by atoms with Crippen molar-refractivity contribution in [3.63, 3.8) is 0 Å². The number of halogens is 1. The summed E-state index contributed by atoms with van der Waals surface area (Å²) in [6.45, 7) is 0. The monoisotopic (exact) mass is 294 g/mol. The Balaban J connectivity index is 2.35. The summed E-state index contributed by atoms with van der Waals surface area (Å²) in [6, 6.07) is 6.99. The zero-order valence-electron chi connectivity index (χ0n) is 9.18. The first kappa shape index (κ1) is 11.7. The molecular formula is C12H11BrN2O2. The van der Waals surface area contributed by atoms with E-state index in [9.17, 15) is 0 Å². The molecule has 1 heterocycles. The Morgan fingerprint density at radius 3 is 2.71 bits per heavy atom. The van der Waals surface area contributed by atoms with E-state index in [0.717, 1.165) is 4.47 Å². The number of ether oxygens (including phenoxy) is 2. The zero-order valence-corrected chi connectivity index (χ0v) is 10.8. The van der Waals surface area contributed by atoms with E-state index in [1.54, 1.807) is 43.8 Å². The number of nitrogens with two attached hydrogens (primary N) is 1. The third kappa shape index (κ3) is 2.68. The number of anilines is 1. The van der Waals surface area contributed by atoms with Crippen LogP contribution in [0.25, 0.3) is 0 Å². The molecule has 0 radical (unpaired) electrons. The first-order chi connectivity index (χ1) is 8.20. The second-order valence-electron chi connectivity index (χ2n) is 3.32. The highest BCUT2D eigenvalue weighted by Gasteiger charge is 2.08. The minimum atomic E-state index is 0.569. The summed E-state index contributed by atoms with van der Waals surface area (Å²) in [5.41, 5.74) is 6.33. The van der Waals surface area contributed by atoms with Gasteiger partial charge in [-0.3, -0.25) is 4.98 Å². The van der Waals surface area contributed by atoms with Gasteiger partial charge in [0.1, 0.15) is 5.75 Å². The second kappa shape index (κ2) is 5.05. The van der Waals surface area contributed by atoms with Crippen molar-refractivity contribution in [2.75, 3.05) is 12.8 Å². The molecular weight excluding hydrogens is 284 g/mol. The Morgan fingerprint density at radius 1 is 1.18 bits per heavy atom. The van der Waals surface area contributed by atoms with E-state index < -0.39 is 0 Å². The molecule has 2 aromatic rings. The number of aromatic nitrogens is 1. The van der Waals surface area contributed by atoms with Crippen LogP contribution >= 0.6 is 15.9 Å². The highest BCUT2D eigenvalue weighted by Crippen LogP contribution is 2.35. The summed E-state index contributed by atoms with van der Waals surface area (Å²) in [4.78, 5) is 3.96. The summed E-state index contributed by atoms with van der Waals surface area (Å²) in [7, 11) is 1.58. The number of pyridine rings is 1. The standard InChI is InChI=1S/C12H11BrN2O2/c1-16-11-3-2-8(14)6-12(11)17-10-4-5-15-7-9(10)13/h2-7H,14H2,1H3. The van der Waals surface area contributed by atoms with Crippen molar-refractivity contribution in [2.24, 2.45) is 0 Å². The van der Waals surface area contributed by atoms with Crippen LogP contribution in [0.2, 0.25) is 0 Å². The first-order valence-electron chi connectivity index (χ1n) is 4.91. The van der Waals surface area contributed by atoms with Gasteiger partial charge in [-0.05, 0) is 28.1 Å². The van der Waals surface area contributed by atoms with E-state index in [2.05, 4.69) is 20.9 Å². The number of nitrogens with zero attached hydrogens (tertiary/aromatic N) is 1. The predicted octanol–water partition coefficient (Wildman–Crippen LogP) is 3.23. The predicted molar refractivity (Wildman–Crippen MR) is 69.4 cm³/mol. The van der Waals surface area contributed by atoms with Crippen molar-refractivity contribution < 1.29 is 9.47 Å². The van der Waals surface area contributed by atoms with Gasteiger partial charge in [-0.2, -0.15) is 0 Å². The Morgan fingerprint density at radius 2 is 2.00 bits per heavy atom. The van der Waals surface area contributed by atoms with Crippen LogP contribution in [0.15, 0.2) is 41.1 Å². The van der Waals surface area contributed by atoms with Crippen molar-refractivity contribution in [1.29, 1.82) is 0 Å². The molecule has 0 aliphatic rings. The number of methoxy groups -OCH3 is 1. The third-order valence-electron chi connectivity index (χ3n) is 2.14. The summed E-state index contributed by atoms with van der Waals surface area (Å²) in [6.07, 6.45) is 3.31. The van der Waals surface area contributed by atoms with Gasteiger partial charge in [0, 0.05) is 30.2 Å². The number of benzene rings is 1. The van der Waals surface area contributed by atoms with Gasteiger partial charge >= 0.3 is 0 Å². The molecule has 1 aromatic heterocycles. The van der Waals surface area contributed by atoms with Crippen LogP contribution in [0.5, 0.6) is 17.2 Å². The van der Waals surface area contributed by atoms with E-state index in [0.29, 0.717) is 22.9 Å². The second-order valence-corrected chi connectivity index (χ2v) is 4.17. The van der Waals surface area contributed by atoms with Gasteiger partial charge in [-0.25, -0.2) is 0 Å². The van der Waals surface area contributed by atoms with Crippen LogP contribution in [0.4, 0.5) is 5.69 Å². The number of rotatable bonds is 3. The largest absolute Gasteiger partial charge is 0.493 e. The molecule has 0 bridgehead atoms. The van der Waals surface area contributed by atoms with Crippen LogP contribution in [0, 0.1) is 0 Å². The van der Waals surface area contributed by atoms with Gasteiger partial charge in [-0.1, -0.05) is 0 Å². The summed E-state index contributed by atoms with van der Waals surface area (Å²) < 4.78 is 11.7. The fraction of sp³-hybridized carbons (Fsp3) is 0.0833. The highest BCUT2D eigenvalue weighted by atomic mass is 79.9. The number of hydrogen-bond acceptors (Lipinski definition) is 4. The minimum Gasteiger partial charge on any atom is -0.493 e. The lowest BCUT2D eigenvalue weighted by molar-refractivity contribution is 0.378. The van der Waals surface area contributed by atoms with Crippen LogP contribution in [-0.2, 0) is 0 Å². The minimum absolute atomic E-state index is 0.569. The molecule has 0 saturated carbocycles. The average Bonchev–Trinajstić information content (AvgIpc) is 2.32. The van der Waals surface area contributed by atoms with Crippen LogP contribution in [0.1, 0.15) is 0 Å². The zero-order chi connectivity index (χ0) is 12.3. The molecule has 0 aliphatic heterocycles. The van der Waals surface area contributed by atoms with Crippen LogP contribution < -0.4 is 15.2 Å². The fourth-order valence-electron chi connectivity index (χ4n) is 1.34. The molecule has 1 aromatic carbocycles. The molecule has 0 spiro atoms. The lowest BCUT2D eigenvalue weighted by Crippen LogP contribution is -1.93. The van der Waals surface area contributed by atoms with Crippen molar-refractivity contribution in [3.8, 4) is 17.2 Å². The number of hydrogen-bond donors (Lipinski definition) is 1. The van der Waals surface area contributed by atoms with Crippen LogP contribution in [0.3, 0.4) is 0 Å². The van der Waals surface area contributed by atoms with Gasteiger partial charge in [0.15, 0.2) is 11.5 Å². The van der Waals surface area contributed by atoms with Crippen molar-refractivity contribution in [1.82, 2.24) is 4.98 Å². The number of nitrogen functional groups attached to an aromatic ring is 1. The van der Waals surface area contributed by atoms with E-state index in [1.807, 2.05) is 0 Å². The molecule has 4 nitrogen and oxygen atoms in total.